The van der Waals surface area contributed by atoms with Crippen molar-refractivity contribution in [3.8, 4) is 67.3 Å². The van der Waals surface area contributed by atoms with E-state index >= 15 is 0 Å². The summed E-state index contributed by atoms with van der Waals surface area (Å²) in [5, 5.41) is 4.67. The van der Waals surface area contributed by atoms with Crippen LogP contribution in [0.3, 0.4) is 0 Å². The topological polar surface area (TPSA) is 25.8 Å². The van der Waals surface area contributed by atoms with Crippen LogP contribution in [-0.4, -0.2) is 9.97 Å². The Balaban J connectivity index is 1.02. The fourth-order valence-corrected chi connectivity index (χ4v) is 10.3. The number of fused-ring (bicyclic) bond motifs is 5. The zero-order chi connectivity index (χ0) is 41.7. The van der Waals surface area contributed by atoms with Crippen LogP contribution in [0.5, 0.6) is 0 Å². The second-order valence-electron chi connectivity index (χ2n) is 16.4. The summed E-state index contributed by atoms with van der Waals surface area (Å²) in [5.41, 5.74) is 17.0. The highest BCUT2D eigenvalue weighted by Gasteiger charge is 2.46. The Hall–Kier alpha value is -8.20. The summed E-state index contributed by atoms with van der Waals surface area (Å²) >= 11 is 0. The molecule has 2 heteroatoms. The quantitative estimate of drug-likeness (QED) is 0.160. The molecule has 1 aromatic heterocycles. The third-order valence-corrected chi connectivity index (χ3v) is 13.0. The molecule has 12 rings (SSSR count). The number of benzene rings is 10. The number of nitrogens with zero attached hydrogens (tertiary/aromatic N) is 2. The third kappa shape index (κ3) is 5.95. The Kier molecular flexibility index (Phi) is 8.76. The monoisotopic (exact) mass is 800 g/mol. The summed E-state index contributed by atoms with van der Waals surface area (Å²) in [6.07, 6.45) is 0. The van der Waals surface area contributed by atoms with Crippen LogP contribution in [0.1, 0.15) is 22.3 Å². The molecular weight excluding hydrogens is 761 g/mol. The lowest BCUT2D eigenvalue weighted by Crippen LogP contribution is -2.28. The van der Waals surface area contributed by atoms with E-state index in [4.69, 9.17) is 9.97 Å². The zero-order valence-corrected chi connectivity index (χ0v) is 34.5. The molecule has 2 nitrogen and oxygen atoms in total. The lowest BCUT2D eigenvalue weighted by molar-refractivity contribution is 0.768. The molecule has 0 amide bonds. The van der Waals surface area contributed by atoms with Crippen molar-refractivity contribution < 1.29 is 0 Å². The highest BCUT2D eigenvalue weighted by molar-refractivity contribution is 6.06. The maximum Gasteiger partial charge on any atom is 0.160 e. The van der Waals surface area contributed by atoms with E-state index in [1.807, 2.05) is 18.2 Å². The van der Waals surface area contributed by atoms with Gasteiger partial charge in [0.15, 0.2) is 5.82 Å². The molecular formula is C61H40N2. The lowest BCUT2D eigenvalue weighted by Gasteiger charge is -2.34. The maximum atomic E-state index is 5.28. The summed E-state index contributed by atoms with van der Waals surface area (Å²) in [7, 11) is 0. The molecule has 0 N–H and O–H groups in total. The van der Waals surface area contributed by atoms with Gasteiger partial charge in [-0.05, 0) is 89.3 Å². The van der Waals surface area contributed by atoms with Gasteiger partial charge in [-0.15, -0.1) is 0 Å². The van der Waals surface area contributed by atoms with Gasteiger partial charge in [-0.25, -0.2) is 9.97 Å². The average Bonchev–Trinajstić information content (AvgIpc) is 3.68. The predicted octanol–water partition coefficient (Wildman–Crippen LogP) is 15.5. The van der Waals surface area contributed by atoms with Gasteiger partial charge in [0.25, 0.3) is 0 Å². The summed E-state index contributed by atoms with van der Waals surface area (Å²) in [6.45, 7) is 0. The first-order chi connectivity index (χ1) is 31.3. The Labute approximate surface area is 367 Å². The highest BCUT2D eigenvalue weighted by Crippen LogP contribution is 2.58. The molecule has 294 valence electrons. The van der Waals surface area contributed by atoms with Crippen LogP contribution in [0.25, 0.3) is 88.8 Å². The van der Waals surface area contributed by atoms with Crippen LogP contribution in [-0.2, 0) is 5.41 Å². The van der Waals surface area contributed by atoms with E-state index in [1.165, 1.54) is 71.8 Å². The van der Waals surface area contributed by atoms with Gasteiger partial charge in [0.2, 0.25) is 0 Å². The number of hydrogen-bond acceptors (Lipinski definition) is 2. The first-order valence-corrected chi connectivity index (χ1v) is 21.7. The van der Waals surface area contributed by atoms with Crippen molar-refractivity contribution in [3.63, 3.8) is 0 Å². The van der Waals surface area contributed by atoms with Crippen LogP contribution >= 0.6 is 0 Å². The van der Waals surface area contributed by atoms with Crippen molar-refractivity contribution in [2.75, 3.05) is 0 Å². The van der Waals surface area contributed by atoms with Crippen molar-refractivity contribution in [1.29, 1.82) is 0 Å². The van der Waals surface area contributed by atoms with Gasteiger partial charge in [0, 0.05) is 16.7 Å². The van der Waals surface area contributed by atoms with Gasteiger partial charge < -0.3 is 0 Å². The molecule has 0 spiro atoms. The molecule has 0 radical (unpaired) electrons. The Morgan fingerprint density at radius 2 is 0.746 bits per heavy atom. The normalized spacial score (nSPS) is 12.6. The van der Waals surface area contributed by atoms with E-state index < -0.39 is 5.41 Å². The summed E-state index contributed by atoms with van der Waals surface area (Å²) < 4.78 is 0. The van der Waals surface area contributed by atoms with Gasteiger partial charge in [-0.1, -0.05) is 231 Å². The van der Waals surface area contributed by atoms with Gasteiger partial charge in [-0.3, -0.25) is 0 Å². The van der Waals surface area contributed by atoms with Crippen molar-refractivity contribution in [2.45, 2.75) is 5.41 Å². The van der Waals surface area contributed by atoms with Crippen molar-refractivity contribution in [2.24, 2.45) is 0 Å². The van der Waals surface area contributed by atoms with E-state index in [2.05, 4.69) is 224 Å². The van der Waals surface area contributed by atoms with Crippen LogP contribution in [0.2, 0.25) is 0 Å². The molecule has 0 atom stereocenters. The third-order valence-electron chi connectivity index (χ3n) is 13.0. The van der Waals surface area contributed by atoms with E-state index in [9.17, 15) is 0 Å². The van der Waals surface area contributed by atoms with Crippen molar-refractivity contribution in [1.82, 2.24) is 9.97 Å². The summed E-state index contributed by atoms with van der Waals surface area (Å²) in [6, 6.07) is 87.8. The maximum absolute atomic E-state index is 5.28. The van der Waals surface area contributed by atoms with Crippen LogP contribution in [0, 0.1) is 0 Å². The minimum absolute atomic E-state index is 0.455. The SMILES string of the molecule is c1ccc(-c2nc(-c3cccc4ccccc34)cc(-c3ccc(-c4cccc(-c5cccc6c5-c5ccccc5C6(c5ccccc5)c5ccccc5)c4)c4ccccc34)n2)cc1. The smallest absolute Gasteiger partial charge is 0.160 e. The first-order valence-electron chi connectivity index (χ1n) is 21.7. The molecule has 1 heterocycles. The van der Waals surface area contributed by atoms with E-state index in [-0.39, 0.29) is 0 Å². The highest BCUT2D eigenvalue weighted by atomic mass is 14.9. The van der Waals surface area contributed by atoms with Gasteiger partial charge in [0.05, 0.1) is 16.8 Å². The Morgan fingerprint density at radius 1 is 0.286 bits per heavy atom. The van der Waals surface area contributed by atoms with Crippen LogP contribution < -0.4 is 0 Å². The Bertz CT molecular complexity index is 3460. The lowest BCUT2D eigenvalue weighted by atomic mass is 9.67. The van der Waals surface area contributed by atoms with E-state index in [0.29, 0.717) is 5.82 Å². The van der Waals surface area contributed by atoms with E-state index in [1.54, 1.807) is 0 Å². The molecule has 0 fully saturated rings. The molecule has 0 bridgehead atoms. The molecule has 0 aliphatic heterocycles. The average molecular weight is 801 g/mol. The van der Waals surface area contributed by atoms with Crippen LogP contribution in [0.15, 0.2) is 243 Å². The van der Waals surface area contributed by atoms with Crippen molar-refractivity contribution >= 4 is 21.5 Å². The molecule has 10 aromatic carbocycles. The second kappa shape index (κ2) is 15.1. The number of hydrogen-bond donors (Lipinski definition) is 0. The molecule has 11 aromatic rings. The second-order valence-corrected chi connectivity index (χ2v) is 16.4. The fraction of sp³-hybridized carbons (Fsp3) is 0.0164. The van der Waals surface area contributed by atoms with Gasteiger partial charge in [-0.2, -0.15) is 0 Å². The molecule has 63 heavy (non-hydrogen) atoms. The zero-order valence-electron chi connectivity index (χ0n) is 34.5. The Morgan fingerprint density at radius 3 is 1.48 bits per heavy atom. The largest absolute Gasteiger partial charge is 0.228 e. The fourth-order valence-electron chi connectivity index (χ4n) is 10.3. The molecule has 0 unspecified atom stereocenters. The number of rotatable bonds is 7. The predicted molar refractivity (Wildman–Crippen MR) is 262 cm³/mol. The molecule has 1 aliphatic rings. The summed E-state index contributed by atoms with van der Waals surface area (Å²) in [5.74, 6) is 0.706. The molecule has 0 saturated heterocycles. The van der Waals surface area contributed by atoms with Crippen LogP contribution in [0.4, 0.5) is 0 Å². The van der Waals surface area contributed by atoms with Gasteiger partial charge >= 0.3 is 0 Å². The van der Waals surface area contributed by atoms with E-state index in [0.717, 1.165) is 33.5 Å². The summed E-state index contributed by atoms with van der Waals surface area (Å²) in [4.78, 5) is 10.5. The standard InChI is InChI=1S/C61H40N2/c1-4-20-42(21-5-1)60-62-57(52-34-17-22-41-19-10-11-29-47(41)52)40-58(63-60)53-38-37-48(50-30-12-13-31-51(50)53)43-23-16-24-44(39-43)49-33-18-36-56-59(49)54-32-14-15-35-55(54)61(56,45-25-6-2-7-26-45)46-27-8-3-9-28-46/h1-40H. The molecule has 1 aliphatic carbocycles. The van der Waals surface area contributed by atoms with Crippen molar-refractivity contribution in [3.05, 3.63) is 265 Å². The minimum atomic E-state index is -0.455. The number of aromatic nitrogens is 2. The molecule has 0 saturated carbocycles. The minimum Gasteiger partial charge on any atom is -0.228 e. The van der Waals surface area contributed by atoms with Gasteiger partial charge in [0.1, 0.15) is 0 Å². The first kappa shape index (κ1) is 36.6.